The topological polar surface area (TPSA) is 44.8 Å². The lowest BCUT2D eigenvalue weighted by atomic mass is 10.1. The van der Waals surface area contributed by atoms with Crippen molar-refractivity contribution >= 4 is 28.9 Å². The fraction of sp³-hybridized carbons (Fsp3) is 0.381. The number of anilines is 2. The summed E-state index contributed by atoms with van der Waals surface area (Å²) in [6.07, 6.45) is -4.36. The number of ether oxygens (including phenoxy) is 1. The highest BCUT2D eigenvalue weighted by molar-refractivity contribution is 6.31. The van der Waals surface area contributed by atoms with Gasteiger partial charge < -0.3 is 15.0 Å². The highest BCUT2D eigenvalue weighted by atomic mass is 35.5. The van der Waals surface area contributed by atoms with E-state index in [0.29, 0.717) is 48.3 Å². The van der Waals surface area contributed by atoms with Crippen molar-refractivity contribution in [1.82, 2.24) is 4.90 Å². The molecule has 0 aliphatic carbocycles. The summed E-state index contributed by atoms with van der Waals surface area (Å²) >= 11 is 6.09. The molecule has 0 radical (unpaired) electrons. The zero-order valence-electron chi connectivity index (χ0n) is 16.7. The smallest absolute Gasteiger partial charge is 0.416 e. The van der Waals surface area contributed by atoms with Gasteiger partial charge in [0.15, 0.2) is 0 Å². The Hall–Kier alpha value is -2.45. The summed E-state index contributed by atoms with van der Waals surface area (Å²) < 4.78 is 44.1. The molecule has 0 spiro atoms. The van der Waals surface area contributed by atoms with Crippen molar-refractivity contribution in [2.75, 3.05) is 50.1 Å². The van der Waals surface area contributed by atoms with Crippen LogP contribution in [0.15, 0.2) is 36.4 Å². The van der Waals surface area contributed by atoms with E-state index in [-0.39, 0.29) is 12.5 Å². The number of rotatable bonds is 5. The first-order valence-electron chi connectivity index (χ1n) is 9.46. The van der Waals surface area contributed by atoms with Crippen LogP contribution >= 0.6 is 11.6 Å². The quantitative estimate of drug-likeness (QED) is 0.745. The number of aryl methyl sites for hydroxylation is 1. The minimum absolute atomic E-state index is 0.182. The van der Waals surface area contributed by atoms with E-state index in [9.17, 15) is 18.0 Å². The highest BCUT2D eigenvalue weighted by Crippen LogP contribution is 2.32. The zero-order chi connectivity index (χ0) is 21.9. The van der Waals surface area contributed by atoms with Gasteiger partial charge in [-0.15, -0.1) is 0 Å². The van der Waals surface area contributed by atoms with Crippen molar-refractivity contribution in [1.29, 1.82) is 0 Å². The standard InChI is InChI=1S/C21H23ClF3N3O2/c1-14-10-18(19(30-2)12-17(14)22)26-20(29)13-27-6-8-28(9-7-27)16-5-3-4-15(11-16)21(23,24)25/h3-5,10-12H,6-9,13H2,1-2H3,(H,26,29). The fourth-order valence-corrected chi connectivity index (χ4v) is 3.52. The molecular formula is C21H23ClF3N3O2. The summed E-state index contributed by atoms with van der Waals surface area (Å²) in [4.78, 5) is 16.3. The van der Waals surface area contributed by atoms with Crippen molar-refractivity contribution in [3.63, 3.8) is 0 Å². The van der Waals surface area contributed by atoms with Gasteiger partial charge in [-0.1, -0.05) is 17.7 Å². The second-order valence-corrected chi connectivity index (χ2v) is 7.57. The number of carbonyl (C=O) groups excluding carboxylic acids is 1. The monoisotopic (exact) mass is 441 g/mol. The van der Waals surface area contributed by atoms with Gasteiger partial charge >= 0.3 is 6.18 Å². The van der Waals surface area contributed by atoms with Gasteiger partial charge in [0.05, 0.1) is 24.9 Å². The van der Waals surface area contributed by atoms with Crippen molar-refractivity contribution < 1.29 is 22.7 Å². The van der Waals surface area contributed by atoms with Crippen LogP contribution in [0.1, 0.15) is 11.1 Å². The van der Waals surface area contributed by atoms with Crippen molar-refractivity contribution in [2.45, 2.75) is 13.1 Å². The van der Waals surface area contributed by atoms with E-state index in [1.54, 1.807) is 18.2 Å². The second kappa shape index (κ2) is 9.14. The third kappa shape index (κ3) is 5.37. The Labute approximate surface area is 178 Å². The van der Waals surface area contributed by atoms with Crippen LogP contribution in [0.2, 0.25) is 5.02 Å². The Morgan fingerprint density at radius 2 is 1.87 bits per heavy atom. The van der Waals surface area contributed by atoms with E-state index in [2.05, 4.69) is 5.32 Å². The molecule has 0 bridgehead atoms. The summed E-state index contributed by atoms with van der Waals surface area (Å²) in [5.41, 5.74) is 1.25. The highest BCUT2D eigenvalue weighted by Gasteiger charge is 2.31. The lowest BCUT2D eigenvalue weighted by molar-refractivity contribution is -0.137. The molecule has 1 N–H and O–H groups in total. The van der Waals surface area contributed by atoms with E-state index >= 15 is 0 Å². The normalized spacial score (nSPS) is 15.2. The zero-order valence-corrected chi connectivity index (χ0v) is 17.5. The largest absolute Gasteiger partial charge is 0.495 e. The molecule has 2 aromatic rings. The van der Waals surface area contributed by atoms with E-state index in [1.165, 1.54) is 13.2 Å². The molecule has 1 heterocycles. The predicted molar refractivity (Wildman–Crippen MR) is 111 cm³/mol. The number of alkyl halides is 3. The molecule has 0 aromatic heterocycles. The molecule has 9 heteroatoms. The molecule has 2 aromatic carbocycles. The average Bonchev–Trinajstić information content (AvgIpc) is 2.70. The molecule has 0 unspecified atom stereocenters. The molecule has 5 nitrogen and oxygen atoms in total. The SMILES string of the molecule is COc1cc(Cl)c(C)cc1NC(=O)CN1CCN(c2cccc(C(F)(F)F)c2)CC1. The first-order chi connectivity index (χ1) is 14.2. The van der Waals surface area contributed by atoms with Crippen LogP contribution in [-0.2, 0) is 11.0 Å². The third-order valence-corrected chi connectivity index (χ3v) is 5.44. The molecule has 162 valence electrons. The van der Waals surface area contributed by atoms with Crippen LogP contribution in [0.3, 0.4) is 0 Å². The third-order valence-electron chi connectivity index (χ3n) is 5.03. The molecule has 30 heavy (non-hydrogen) atoms. The minimum Gasteiger partial charge on any atom is -0.495 e. The Morgan fingerprint density at radius 1 is 1.17 bits per heavy atom. The van der Waals surface area contributed by atoms with E-state index < -0.39 is 11.7 Å². The van der Waals surface area contributed by atoms with E-state index in [0.717, 1.165) is 17.7 Å². The number of hydrogen-bond acceptors (Lipinski definition) is 4. The predicted octanol–water partition coefficient (Wildman–Crippen LogP) is 4.44. The van der Waals surface area contributed by atoms with Crippen LogP contribution < -0.4 is 15.0 Å². The fourth-order valence-electron chi connectivity index (χ4n) is 3.37. The van der Waals surface area contributed by atoms with Crippen molar-refractivity contribution in [2.24, 2.45) is 0 Å². The van der Waals surface area contributed by atoms with Gasteiger partial charge in [0.1, 0.15) is 5.75 Å². The molecule has 0 atom stereocenters. The van der Waals surface area contributed by atoms with Crippen LogP contribution in [-0.4, -0.2) is 50.6 Å². The summed E-state index contributed by atoms with van der Waals surface area (Å²) in [6, 6.07) is 8.73. The van der Waals surface area contributed by atoms with Gasteiger partial charge in [-0.2, -0.15) is 13.2 Å². The number of carbonyl (C=O) groups is 1. The summed E-state index contributed by atoms with van der Waals surface area (Å²) in [7, 11) is 1.50. The van der Waals surface area contributed by atoms with Gasteiger partial charge in [0.2, 0.25) is 5.91 Å². The van der Waals surface area contributed by atoms with Crippen LogP contribution in [0, 0.1) is 6.92 Å². The van der Waals surface area contributed by atoms with Crippen molar-refractivity contribution in [3.05, 3.63) is 52.5 Å². The van der Waals surface area contributed by atoms with Gasteiger partial charge in [0.25, 0.3) is 0 Å². The number of benzene rings is 2. The Balaban J connectivity index is 1.56. The summed E-state index contributed by atoms with van der Waals surface area (Å²) in [5, 5.41) is 3.39. The Bertz CT molecular complexity index is 913. The maximum absolute atomic E-state index is 12.9. The summed E-state index contributed by atoms with van der Waals surface area (Å²) in [6.45, 7) is 4.24. The molecule has 1 amide bonds. The van der Waals surface area contributed by atoms with Gasteiger partial charge in [-0.05, 0) is 36.8 Å². The van der Waals surface area contributed by atoms with Crippen LogP contribution in [0.5, 0.6) is 5.75 Å². The van der Waals surface area contributed by atoms with Crippen molar-refractivity contribution in [3.8, 4) is 5.75 Å². The van der Waals surface area contributed by atoms with Gasteiger partial charge in [0, 0.05) is 43.0 Å². The molecule has 3 rings (SSSR count). The first kappa shape index (κ1) is 22.2. The Morgan fingerprint density at radius 3 is 2.50 bits per heavy atom. The second-order valence-electron chi connectivity index (χ2n) is 7.16. The molecule has 1 saturated heterocycles. The number of amides is 1. The first-order valence-corrected chi connectivity index (χ1v) is 9.83. The lowest BCUT2D eigenvalue weighted by Gasteiger charge is -2.36. The molecule has 1 aliphatic rings. The minimum atomic E-state index is -4.36. The molecule has 1 fully saturated rings. The maximum Gasteiger partial charge on any atom is 0.416 e. The lowest BCUT2D eigenvalue weighted by Crippen LogP contribution is -2.48. The summed E-state index contributed by atoms with van der Waals surface area (Å²) in [5.74, 6) is 0.288. The van der Waals surface area contributed by atoms with E-state index in [1.807, 2.05) is 16.7 Å². The number of nitrogens with one attached hydrogen (secondary N) is 1. The number of nitrogens with zero attached hydrogens (tertiary/aromatic N) is 2. The maximum atomic E-state index is 12.9. The molecule has 0 saturated carbocycles. The number of halogens is 4. The number of piperazine rings is 1. The van der Waals surface area contributed by atoms with Crippen LogP contribution in [0.25, 0.3) is 0 Å². The Kier molecular flexibility index (Phi) is 6.77. The molecular weight excluding hydrogens is 419 g/mol. The van der Waals surface area contributed by atoms with Gasteiger partial charge in [-0.25, -0.2) is 0 Å². The average molecular weight is 442 g/mol. The number of methoxy groups -OCH3 is 1. The van der Waals surface area contributed by atoms with Gasteiger partial charge in [-0.3, -0.25) is 9.69 Å². The number of hydrogen-bond donors (Lipinski definition) is 1. The van der Waals surface area contributed by atoms with E-state index in [4.69, 9.17) is 16.3 Å². The van der Waals surface area contributed by atoms with Crippen LogP contribution in [0.4, 0.5) is 24.5 Å². The molecule has 1 aliphatic heterocycles.